The van der Waals surface area contributed by atoms with E-state index in [2.05, 4.69) is 12.2 Å². The normalized spacial score (nSPS) is 25.9. The molecule has 1 aliphatic rings. The van der Waals surface area contributed by atoms with Crippen molar-refractivity contribution in [3.8, 4) is 0 Å². The van der Waals surface area contributed by atoms with E-state index >= 15 is 0 Å². The van der Waals surface area contributed by atoms with Crippen LogP contribution in [0.5, 0.6) is 0 Å². The van der Waals surface area contributed by atoms with Crippen LogP contribution in [0.3, 0.4) is 0 Å². The maximum Gasteiger partial charge on any atom is 0.117 e. The Morgan fingerprint density at radius 1 is 1.31 bits per heavy atom. The van der Waals surface area contributed by atoms with Gasteiger partial charge in [-0.3, -0.25) is 0 Å². The molecule has 3 heteroatoms. The lowest BCUT2D eigenvalue weighted by molar-refractivity contribution is 0.0892. The summed E-state index contributed by atoms with van der Waals surface area (Å²) in [5.74, 6) is 2.00. The first kappa shape index (κ1) is 11.7. The molecule has 1 heterocycles. The number of furan rings is 1. The Kier molecular flexibility index (Phi) is 4.02. The highest BCUT2D eigenvalue weighted by Crippen LogP contribution is 2.19. The first-order chi connectivity index (χ1) is 7.79. The molecule has 0 saturated heterocycles. The summed E-state index contributed by atoms with van der Waals surface area (Å²) < 4.78 is 5.61. The van der Waals surface area contributed by atoms with Crippen molar-refractivity contribution in [1.82, 2.24) is 5.32 Å². The number of nitrogens with one attached hydrogen (secondary N) is 1. The Morgan fingerprint density at radius 2 is 2.06 bits per heavy atom. The Morgan fingerprint density at radius 3 is 2.75 bits per heavy atom. The summed E-state index contributed by atoms with van der Waals surface area (Å²) in [4.78, 5) is 0. The molecule has 1 aromatic rings. The SMILES string of the molecule is CCc1ccc(CNC2CCCCC2O)o1. The molecule has 0 spiro atoms. The predicted octanol–water partition coefficient (Wildman–Crippen LogP) is 2.24. The van der Waals surface area contributed by atoms with Crippen LogP contribution < -0.4 is 5.32 Å². The number of rotatable bonds is 4. The Hall–Kier alpha value is -0.800. The Balaban J connectivity index is 1.81. The smallest absolute Gasteiger partial charge is 0.117 e. The lowest BCUT2D eigenvalue weighted by atomic mass is 9.92. The van der Waals surface area contributed by atoms with Crippen molar-refractivity contribution >= 4 is 0 Å². The second-order valence-corrected chi connectivity index (χ2v) is 4.56. The van der Waals surface area contributed by atoms with Gasteiger partial charge in [-0.1, -0.05) is 19.8 Å². The van der Waals surface area contributed by atoms with Crippen molar-refractivity contribution in [2.75, 3.05) is 0 Å². The summed E-state index contributed by atoms with van der Waals surface area (Å²) in [6.45, 7) is 2.81. The van der Waals surface area contributed by atoms with Gasteiger partial charge in [0.05, 0.1) is 12.6 Å². The van der Waals surface area contributed by atoms with Crippen LogP contribution in [0.2, 0.25) is 0 Å². The Labute approximate surface area is 96.8 Å². The molecule has 3 nitrogen and oxygen atoms in total. The predicted molar refractivity (Wildman–Crippen MR) is 63.2 cm³/mol. The highest BCUT2D eigenvalue weighted by Gasteiger charge is 2.22. The monoisotopic (exact) mass is 223 g/mol. The molecule has 2 atom stereocenters. The van der Waals surface area contributed by atoms with Crippen molar-refractivity contribution in [3.63, 3.8) is 0 Å². The van der Waals surface area contributed by atoms with Gasteiger partial charge < -0.3 is 14.8 Å². The molecule has 0 bridgehead atoms. The summed E-state index contributed by atoms with van der Waals surface area (Å²) in [5.41, 5.74) is 0. The van der Waals surface area contributed by atoms with Crippen LogP contribution >= 0.6 is 0 Å². The number of aliphatic hydroxyl groups is 1. The van der Waals surface area contributed by atoms with Gasteiger partial charge in [-0.05, 0) is 25.0 Å². The average Bonchev–Trinajstić information content (AvgIpc) is 2.76. The number of aliphatic hydroxyl groups excluding tert-OH is 1. The van der Waals surface area contributed by atoms with Crippen molar-refractivity contribution in [2.45, 2.75) is 57.7 Å². The fourth-order valence-electron chi connectivity index (χ4n) is 2.29. The summed E-state index contributed by atoms with van der Waals surface area (Å²) in [7, 11) is 0. The molecular weight excluding hydrogens is 202 g/mol. The molecule has 2 unspecified atom stereocenters. The van der Waals surface area contributed by atoms with Crippen LogP contribution in [0, 0.1) is 0 Å². The fraction of sp³-hybridized carbons (Fsp3) is 0.692. The van der Waals surface area contributed by atoms with Crippen LogP contribution in [-0.2, 0) is 13.0 Å². The highest BCUT2D eigenvalue weighted by molar-refractivity contribution is 5.07. The molecule has 90 valence electrons. The van der Waals surface area contributed by atoms with Crippen LogP contribution in [0.4, 0.5) is 0 Å². The molecule has 1 saturated carbocycles. The van der Waals surface area contributed by atoms with Gasteiger partial charge in [0.15, 0.2) is 0 Å². The van der Waals surface area contributed by atoms with Gasteiger partial charge in [0.2, 0.25) is 0 Å². The minimum atomic E-state index is -0.186. The number of aryl methyl sites for hydroxylation is 1. The Bertz CT molecular complexity index is 321. The zero-order valence-corrected chi connectivity index (χ0v) is 9.91. The largest absolute Gasteiger partial charge is 0.465 e. The molecule has 1 aliphatic carbocycles. The maximum absolute atomic E-state index is 9.81. The van der Waals surface area contributed by atoms with E-state index in [0.29, 0.717) is 0 Å². The van der Waals surface area contributed by atoms with Gasteiger partial charge in [0, 0.05) is 12.5 Å². The van der Waals surface area contributed by atoms with Crippen LogP contribution in [0.25, 0.3) is 0 Å². The van der Waals surface area contributed by atoms with Crippen molar-refractivity contribution in [3.05, 3.63) is 23.7 Å². The first-order valence-corrected chi connectivity index (χ1v) is 6.28. The van der Waals surface area contributed by atoms with Crippen LogP contribution in [0.1, 0.15) is 44.1 Å². The zero-order chi connectivity index (χ0) is 11.4. The van der Waals surface area contributed by atoms with E-state index in [1.807, 2.05) is 12.1 Å². The van der Waals surface area contributed by atoms with Crippen LogP contribution in [-0.4, -0.2) is 17.3 Å². The molecule has 0 amide bonds. The summed E-state index contributed by atoms with van der Waals surface area (Å²) in [6, 6.07) is 4.28. The quantitative estimate of drug-likeness (QED) is 0.822. The van der Waals surface area contributed by atoms with Gasteiger partial charge in [-0.25, -0.2) is 0 Å². The lowest BCUT2D eigenvalue weighted by Crippen LogP contribution is -2.41. The molecule has 0 aliphatic heterocycles. The summed E-state index contributed by atoms with van der Waals surface area (Å²) in [5, 5.41) is 13.2. The van der Waals surface area contributed by atoms with Gasteiger partial charge in [0.25, 0.3) is 0 Å². The lowest BCUT2D eigenvalue weighted by Gasteiger charge is -2.28. The second kappa shape index (κ2) is 5.51. The summed E-state index contributed by atoms with van der Waals surface area (Å²) in [6.07, 6.45) is 5.12. The van der Waals surface area contributed by atoms with E-state index in [-0.39, 0.29) is 12.1 Å². The van der Waals surface area contributed by atoms with E-state index in [1.54, 1.807) is 0 Å². The third-order valence-corrected chi connectivity index (χ3v) is 3.33. The van der Waals surface area contributed by atoms with Crippen molar-refractivity contribution in [2.24, 2.45) is 0 Å². The van der Waals surface area contributed by atoms with Crippen LogP contribution in [0.15, 0.2) is 16.5 Å². The van der Waals surface area contributed by atoms with Gasteiger partial charge >= 0.3 is 0 Å². The molecular formula is C13H21NO2. The molecule has 2 rings (SSSR count). The molecule has 1 aromatic heterocycles. The minimum Gasteiger partial charge on any atom is -0.465 e. The van der Waals surface area contributed by atoms with E-state index in [4.69, 9.17) is 4.42 Å². The summed E-state index contributed by atoms with van der Waals surface area (Å²) >= 11 is 0. The van der Waals surface area contributed by atoms with Gasteiger partial charge in [-0.15, -0.1) is 0 Å². The third-order valence-electron chi connectivity index (χ3n) is 3.33. The van der Waals surface area contributed by atoms with Gasteiger partial charge in [-0.2, -0.15) is 0 Å². The maximum atomic E-state index is 9.81. The zero-order valence-electron chi connectivity index (χ0n) is 9.91. The van der Waals surface area contributed by atoms with Crippen molar-refractivity contribution in [1.29, 1.82) is 0 Å². The van der Waals surface area contributed by atoms with Crippen molar-refractivity contribution < 1.29 is 9.52 Å². The number of hydrogen-bond donors (Lipinski definition) is 2. The minimum absolute atomic E-state index is 0.186. The second-order valence-electron chi connectivity index (χ2n) is 4.56. The topological polar surface area (TPSA) is 45.4 Å². The number of hydrogen-bond acceptors (Lipinski definition) is 3. The average molecular weight is 223 g/mol. The van der Waals surface area contributed by atoms with E-state index in [0.717, 1.165) is 43.7 Å². The molecule has 0 aromatic carbocycles. The molecule has 1 fully saturated rings. The fourth-order valence-corrected chi connectivity index (χ4v) is 2.29. The molecule has 16 heavy (non-hydrogen) atoms. The highest BCUT2D eigenvalue weighted by atomic mass is 16.3. The molecule has 0 radical (unpaired) electrons. The van der Waals surface area contributed by atoms with E-state index < -0.39 is 0 Å². The first-order valence-electron chi connectivity index (χ1n) is 6.28. The van der Waals surface area contributed by atoms with E-state index in [1.165, 1.54) is 6.42 Å². The van der Waals surface area contributed by atoms with E-state index in [9.17, 15) is 5.11 Å². The third kappa shape index (κ3) is 2.86. The molecule has 2 N–H and O–H groups in total. The standard InChI is InChI=1S/C13H21NO2/c1-2-10-7-8-11(16-10)9-14-12-5-3-4-6-13(12)15/h7-8,12-15H,2-6,9H2,1H3. The van der Waals surface area contributed by atoms with Gasteiger partial charge in [0.1, 0.15) is 11.5 Å².